The number of ether oxygens (including phenoxy) is 3. The van der Waals surface area contributed by atoms with Crippen LogP contribution >= 0.6 is 11.8 Å². The second-order valence-corrected chi connectivity index (χ2v) is 9.75. The molecule has 3 aromatic rings. The van der Waals surface area contributed by atoms with Gasteiger partial charge in [0.25, 0.3) is 0 Å². The third-order valence-corrected chi connectivity index (χ3v) is 7.25. The Morgan fingerprint density at radius 1 is 0.974 bits per heavy atom. The van der Waals surface area contributed by atoms with Gasteiger partial charge in [0.15, 0.2) is 16.7 Å². The van der Waals surface area contributed by atoms with E-state index in [0.29, 0.717) is 46.6 Å². The van der Waals surface area contributed by atoms with Gasteiger partial charge < -0.3 is 19.5 Å². The standard InChI is InChI=1S/C29H29N3O6S/c1-36-23-14-9-19(17-24(23)37-2)15-16-32-26(33)18-25(39-29(32)31-21-7-5-4-6-8-21)27(34)30-22-12-10-20(11-13-22)28(35)38-3/h4-14,17,25H,15-16,18H2,1-3H3,(H,30,34)/t25-/m1/s1. The summed E-state index contributed by atoms with van der Waals surface area (Å²) in [6.45, 7) is 0.385. The third-order valence-electron chi connectivity index (χ3n) is 6.06. The second-order valence-electron chi connectivity index (χ2n) is 8.58. The van der Waals surface area contributed by atoms with Gasteiger partial charge in [0.1, 0.15) is 5.25 Å². The molecule has 0 radical (unpaired) electrons. The molecule has 2 amide bonds. The number of nitrogens with one attached hydrogen (secondary N) is 1. The Bertz CT molecular complexity index is 1360. The third kappa shape index (κ3) is 6.97. The molecule has 0 spiro atoms. The van der Waals surface area contributed by atoms with E-state index in [4.69, 9.17) is 19.2 Å². The van der Waals surface area contributed by atoms with Crippen LogP contribution in [0.5, 0.6) is 11.5 Å². The van der Waals surface area contributed by atoms with Crippen molar-refractivity contribution >= 4 is 46.1 Å². The number of aliphatic imine (C=N–C) groups is 1. The normalized spacial score (nSPS) is 16.1. The van der Waals surface area contributed by atoms with Crippen molar-refractivity contribution in [3.8, 4) is 11.5 Å². The highest BCUT2D eigenvalue weighted by molar-refractivity contribution is 8.15. The lowest BCUT2D eigenvalue weighted by atomic mass is 10.1. The Labute approximate surface area is 231 Å². The highest BCUT2D eigenvalue weighted by Crippen LogP contribution is 2.31. The van der Waals surface area contributed by atoms with Gasteiger partial charge >= 0.3 is 5.97 Å². The van der Waals surface area contributed by atoms with Gasteiger partial charge in [-0.2, -0.15) is 0 Å². The molecular formula is C29H29N3O6S. The minimum Gasteiger partial charge on any atom is -0.493 e. The second kappa shape index (κ2) is 13.0. The van der Waals surface area contributed by atoms with Gasteiger partial charge in [-0.3, -0.25) is 14.5 Å². The van der Waals surface area contributed by atoms with Gasteiger partial charge in [-0.1, -0.05) is 36.0 Å². The van der Waals surface area contributed by atoms with Crippen molar-refractivity contribution in [2.24, 2.45) is 4.99 Å². The monoisotopic (exact) mass is 547 g/mol. The molecule has 1 aliphatic rings. The fourth-order valence-electron chi connectivity index (χ4n) is 3.98. The zero-order valence-electron chi connectivity index (χ0n) is 21.9. The lowest BCUT2D eigenvalue weighted by Crippen LogP contribution is -2.46. The summed E-state index contributed by atoms with van der Waals surface area (Å²) in [5.41, 5.74) is 2.54. The van der Waals surface area contributed by atoms with E-state index < -0.39 is 11.2 Å². The van der Waals surface area contributed by atoms with Crippen LogP contribution in [-0.2, 0) is 20.7 Å². The highest BCUT2D eigenvalue weighted by Gasteiger charge is 2.36. The summed E-state index contributed by atoms with van der Waals surface area (Å²) in [5.74, 6) is 0.274. The maximum Gasteiger partial charge on any atom is 0.337 e. The number of benzene rings is 3. The summed E-state index contributed by atoms with van der Waals surface area (Å²) in [4.78, 5) is 44.5. The summed E-state index contributed by atoms with van der Waals surface area (Å²) in [5, 5.41) is 2.62. The van der Waals surface area contributed by atoms with Crippen molar-refractivity contribution in [2.75, 3.05) is 33.2 Å². The molecule has 0 bridgehead atoms. The van der Waals surface area contributed by atoms with E-state index >= 15 is 0 Å². The van der Waals surface area contributed by atoms with Crippen molar-refractivity contribution in [2.45, 2.75) is 18.1 Å². The van der Waals surface area contributed by atoms with Gasteiger partial charge in [-0.25, -0.2) is 9.79 Å². The van der Waals surface area contributed by atoms with E-state index in [2.05, 4.69) is 5.32 Å². The number of amidine groups is 1. The van der Waals surface area contributed by atoms with Crippen molar-refractivity contribution in [3.63, 3.8) is 0 Å². The number of esters is 1. The highest BCUT2D eigenvalue weighted by atomic mass is 32.2. The first-order chi connectivity index (χ1) is 18.9. The maximum atomic E-state index is 13.3. The lowest BCUT2D eigenvalue weighted by molar-refractivity contribution is -0.129. The zero-order chi connectivity index (χ0) is 27.8. The number of carbonyl (C=O) groups excluding carboxylic acids is 3. The summed E-state index contributed by atoms with van der Waals surface area (Å²) in [6, 6.07) is 21.3. The van der Waals surface area contributed by atoms with Gasteiger partial charge in [-0.15, -0.1) is 0 Å². The molecule has 1 aliphatic heterocycles. The van der Waals surface area contributed by atoms with Crippen LogP contribution in [0.3, 0.4) is 0 Å². The number of methoxy groups -OCH3 is 3. The minimum atomic E-state index is -0.669. The fourth-order valence-corrected chi connectivity index (χ4v) is 5.11. The molecule has 0 saturated carbocycles. The molecule has 0 aliphatic carbocycles. The number of rotatable bonds is 9. The largest absolute Gasteiger partial charge is 0.493 e. The number of anilines is 1. The molecule has 39 heavy (non-hydrogen) atoms. The van der Waals surface area contributed by atoms with Crippen LogP contribution in [0.2, 0.25) is 0 Å². The number of nitrogens with zero attached hydrogens (tertiary/aromatic N) is 2. The van der Waals surface area contributed by atoms with E-state index in [1.165, 1.54) is 18.9 Å². The lowest BCUT2D eigenvalue weighted by Gasteiger charge is -2.32. The molecule has 1 N–H and O–H groups in total. The number of thioether (sulfide) groups is 1. The van der Waals surface area contributed by atoms with E-state index in [-0.39, 0.29) is 18.2 Å². The molecule has 1 fully saturated rings. The Morgan fingerprint density at radius 3 is 2.36 bits per heavy atom. The summed E-state index contributed by atoms with van der Waals surface area (Å²) in [7, 11) is 4.47. The number of para-hydroxylation sites is 1. The molecule has 9 nitrogen and oxygen atoms in total. The van der Waals surface area contributed by atoms with Gasteiger partial charge in [0.2, 0.25) is 11.8 Å². The maximum absolute atomic E-state index is 13.3. The minimum absolute atomic E-state index is 0.0243. The Morgan fingerprint density at radius 2 is 1.69 bits per heavy atom. The molecule has 10 heteroatoms. The Balaban J connectivity index is 1.51. The van der Waals surface area contributed by atoms with Crippen molar-refractivity contribution < 1.29 is 28.6 Å². The number of carbonyl (C=O) groups is 3. The number of hydrogen-bond donors (Lipinski definition) is 1. The molecular weight excluding hydrogens is 518 g/mol. The molecule has 1 atom stereocenters. The van der Waals surface area contributed by atoms with Crippen molar-refractivity contribution in [3.05, 3.63) is 83.9 Å². The number of hydrogen-bond acceptors (Lipinski definition) is 8. The van der Waals surface area contributed by atoms with Crippen LogP contribution in [0.25, 0.3) is 0 Å². The Hall–Kier alpha value is -4.31. The molecule has 0 unspecified atom stereocenters. The van der Waals surface area contributed by atoms with E-state index in [1.807, 2.05) is 48.5 Å². The van der Waals surface area contributed by atoms with Crippen molar-refractivity contribution in [1.29, 1.82) is 0 Å². The average molecular weight is 548 g/mol. The predicted octanol–water partition coefficient (Wildman–Crippen LogP) is 4.69. The predicted molar refractivity (Wildman–Crippen MR) is 151 cm³/mol. The quantitative estimate of drug-likeness (QED) is 0.387. The summed E-state index contributed by atoms with van der Waals surface area (Å²) >= 11 is 1.25. The van der Waals surface area contributed by atoms with E-state index in [9.17, 15) is 14.4 Å². The molecule has 3 aromatic carbocycles. The van der Waals surface area contributed by atoms with Crippen LogP contribution in [-0.4, -0.2) is 61.0 Å². The van der Waals surface area contributed by atoms with Crippen molar-refractivity contribution in [1.82, 2.24) is 4.90 Å². The van der Waals surface area contributed by atoms with Gasteiger partial charge in [0, 0.05) is 18.7 Å². The molecule has 1 heterocycles. The fraction of sp³-hybridized carbons (Fsp3) is 0.241. The molecule has 0 aromatic heterocycles. The molecule has 4 rings (SSSR count). The first-order valence-electron chi connectivity index (χ1n) is 12.2. The number of amides is 2. The van der Waals surface area contributed by atoms with E-state index in [0.717, 1.165) is 5.56 Å². The average Bonchev–Trinajstić information content (AvgIpc) is 2.96. The van der Waals surface area contributed by atoms with Crippen LogP contribution in [0, 0.1) is 0 Å². The molecule has 202 valence electrons. The first-order valence-corrected chi connectivity index (χ1v) is 13.1. The first kappa shape index (κ1) is 27.7. The Kier molecular flexibility index (Phi) is 9.22. The van der Waals surface area contributed by atoms with Crippen LogP contribution in [0.4, 0.5) is 11.4 Å². The molecule has 1 saturated heterocycles. The summed E-state index contributed by atoms with van der Waals surface area (Å²) < 4.78 is 15.4. The zero-order valence-corrected chi connectivity index (χ0v) is 22.7. The smallest absolute Gasteiger partial charge is 0.337 e. The van der Waals surface area contributed by atoms with Gasteiger partial charge in [-0.05, 0) is 60.5 Å². The van der Waals surface area contributed by atoms with Crippen LogP contribution in [0.1, 0.15) is 22.3 Å². The topological polar surface area (TPSA) is 107 Å². The van der Waals surface area contributed by atoms with Gasteiger partial charge in [0.05, 0.1) is 32.6 Å². The SMILES string of the molecule is COC(=O)c1ccc(NC(=O)[C@H]2CC(=O)N(CCc3ccc(OC)c(OC)c3)C(=Nc3ccccc3)S2)cc1. The van der Waals surface area contributed by atoms with Crippen LogP contribution < -0.4 is 14.8 Å². The van der Waals surface area contributed by atoms with Crippen LogP contribution in [0.15, 0.2) is 77.8 Å². The summed E-state index contributed by atoms with van der Waals surface area (Å²) in [6.07, 6.45) is 0.584. The van der Waals surface area contributed by atoms with E-state index in [1.54, 1.807) is 43.4 Å².